The van der Waals surface area contributed by atoms with Crippen LogP contribution in [-0.2, 0) is 26.7 Å². The molecule has 0 aliphatic heterocycles. The normalized spacial score (nSPS) is 10.4. The maximum atomic E-state index is 9.53. The summed E-state index contributed by atoms with van der Waals surface area (Å²) in [6, 6.07) is -2.47. The number of carbonyl (C=O) groups is 2. The van der Waals surface area contributed by atoms with E-state index in [4.69, 9.17) is 21.7 Å². The van der Waals surface area contributed by atoms with E-state index in [2.05, 4.69) is 0 Å². The van der Waals surface area contributed by atoms with Gasteiger partial charge in [0.1, 0.15) is 0 Å². The van der Waals surface area contributed by atoms with Crippen molar-refractivity contribution in [1.82, 2.24) is 0 Å². The van der Waals surface area contributed by atoms with E-state index in [1.807, 2.05) is 0 Å². The maximum Gasteiger partial charge on any atom is 2.00 e. The summed E-state index contributed by atoms with van der Waals surface area (Å²) in [5, 5.41) is 35.0. The van der Waals surface area contributed by atoms with Crippen LogP contribution in [0.25, 0.3) is 0 Å². The molecule has 0 aromatic carbocycles. The summed E-state index contributed by atoms with van der Waals surface area (Å²) in [7, 11) is 0. The second-order valence-electron chi connectivity index (χ2n) is 2.22. The first-order chi connectivity index (χ1) is 6.36. The third kappa shape index (κ3) is 24.4. The molecule has 0 heterocycles. The van der Waals surface area contributed by atoms with E-state index >= 15 is 0 Å². The van der Waals surface area contributed by atoms with Crippen LogP contribution in [0.3, 0.4) is 0 Å². The molecule has 0 saturated heterocycles. The molecule has 0 spiro atoms. The first-order valence-electron chi connectivity index (χ1n) is 3.51. The van der Waals surface area contributed by atoms with Gasteiger partial charge in [0.25, 0.3) is 0 Å². The summed E-state index contributed by atoms with van der Waals surface area (Å²) < 4.78 is 0. The second-order valence-corrected chi connectivity index (χ2v) is 2.22. The van der Waals surface area contributed by atoms with Gasteiger partial charge in [0.2, 0.25) is 0 Å². The van der Waals surface area contributed by atoms with Crippen LogP contribution in [0.2, 0.25) is 0 Å². The number of nitrogens with two attached hydrogens (primary N) is 2. The number of aliphatic hydroxyl groups is 2. The topological polar surface area (TPSA) is 267 Å². The van der Waals surface area contributed by atoms with Gasteiger partial charge in [-0.05, 0) is 0 Å². The zero-order chi connectivity index (χ0) is 11.7. The number of carboxylic acids is 2. The number of aliphatic carboxylic acids is 2. The summed E-state index contributed by atoms with van der Waals surface area (Å²) in [6.07, 6.45) is 0. The summed E-state index contributed by atoms with van der Waals surface area (Å²) in [6.45, 7) is -1.13. The molecule has 18 heavy (non-hydrogen) atoms. The minimum Gasteiger partial charge on any atom is -0.548 e. The Kier molecular flexibility index (Phi) is 42.9. The fraction of sp³-hybridized carbons (Fsp3) is 0.667. The molecule has 0 saturated carbocycles. The van der Waals surface area contributed by atoms with Crippen molar-refractivity contribution in [3.8, 4) is 0 Å². The SMILES string of the molecule is N[C@@H](CO)C(=O)[O-].N[C@@H](CO)C(=O)[O-].O.O.O.[Cu+2]. The van der Waals surface area contributed by atoms with E-state index < -0.39 is 37.2 Å². The second kappa shape index (κ2) is 21.5. The fourth-order valence-electron chi connectivity index (χ4n) is 0.149. The van der Waals surface area contributed by atoms with Crippen molar-refractivity contribution in [3.63, 3.8) is 0 Å². The fourth-order valence-corrected chi connectivity index (χ4v) is 0.149. The Bertz CT molecular complexity index is 174. The Morgan fingerprint density at radius 3 is 1.06 bits per heavy atom. The van der Waals surface area contributed by atoms with Crippen molar-refractivity contribution in [2.24, 2.45) is 11.5 Å². The molecule has 0 bridgehead atoms. The van der Waals surface area contributed by atoms with Gasteiger partial charge in [0.15, 0.2) is 0 Å². The van der Waals surface area contributed by atoms with Gasteiger partial charge in [-0.2, -0.15) is 0 Å². The summed E-state index contributed by atoms with van der Waals surface area (Å²) in [4.78, 5) is 19.1. The van der Waals surface area contributed by atoms with Crippen LogP contribution in [0.15, 0.2) is 0 Å². The number of hydrogen-bond donors (Lipinski definition) is 4. The van der Waals surface area contributed by atoms with Gasteiger partial charge >= 0.3 is 17.1 Å². The molecule has 0 unspecified atom stereocenters. The number of carboxylic acid groups (broad SMARTS) is 2. The zero-order valence-corrected chi connectivity index (χ0v) is 9.99. The molecule has 2 atom stereocenters. The molecule has 12 N–H and O–H groups in total. The monoisotopic (exact) mass is 325 g/mol. The van der Waals surface area contributed by atoms with E-state index in [0.29, 0.717) is 0 Å². The van der Waals surface area contributed by atoms with Crippen molar-refractivity contribution in [2.75, 3.05) is 13.2 Å². The van der Waals surface area contributed by atoms with Crippen LogP contribution >= 0.6 is 0 Å². The van der Waals surface area contributed by atoms with Gasteiger partial charge in [-0.1, -0.05) is 0 Å². The molecular formula is C6H18CuN2O9. The number of carbonyl (C=O) groups excluding carboxylic acids is 2. The molecule has 12 heteroatoms. The van der Waals surface area contributed by atoms with Gasteiger partial charge < -0.3 is 57.9 Å². The maximum absolute atomic E-state index is 9.53. The molecule has 117 valence electrons. The van der Waals surface area contributed by atoms with E-state index in [1.54, 1.807) is 0 Å². The third-order valence-electron chi connectivity index (χ3n) is 0.999. The quantitative estimate of drug-likeness (QED) is 0.359. The average molecular weight is 326 g/mol. The van der Waals surface area contributed by atoms with Crippen LogP contribution in [0.4, 0.5) is 0 Å². The Balaban J connectivity index is -0.0000000327. The minimum absolute atomic E-state index is 0. The van der Waals surface area contributed by atoms with Crippen LogP contribution in [0.1, 0.15) is 0 Å². The molecular weight excluding hydrogens is 308 g/mol. The molecule has 0 rings (SSSR count). The molecule has 11 nitrogen and oxygen atoms in total. The van der Waals surface area contributed by atoms with Gasteiger partial charge in [0.05, 0.1) is 37.2 Å². The minimum atomic E-state index is -1.43. The van der Waals surface area contributed by atoms with Gasteiger partial charge in [-0.3, -0.25) is 0 Å². The predicted octanol–water partition coefficient (Wildman–Crippen LogP) is -8.36. The molecule has 0 aromatic heterocycles. The van der Waals surface area contributed by atoms with E-state index in [0.717, 1.165) is 0 Å². The van der Waals surface area contributed by atoms with Crippen molar-refractivity contribution < 1.29 is 63.5 Å². The van der Waals surface area contributed by atoms with Gasteiger partial charge in [-0.15, -0.1) is 0 Å². The smallest absolute Gasteiger partial charge is 0.548 e. The van der Waals surface area contributed by atoms with E-state index in [9.17, 15) is 19.8 Å². The van der Waals surface area contributed by atoms with Gasteiger partial charge in [-0.25, -0.2) is 0 Å². The van der Waals surface area contributed by atoms with Crippen LogP contribution in [0.5, 0.6) is 0 Å². The van der Waals surface area contributed by atoms with Crippen molar-refractivity contribution in [2.45, 2.75) is 12.1 Å². The van der Waals surface area contributed by atoms with Crippen molar-refractivity contribution in [1.29, 1.82) is 0 Å². The Morgan fingerprint density at radius 1 is 0.889 bits per heavy atom. The molecule has 0 aromatic rings. The summed E-state index contributed by atoms with van der Waals surface area (Å²) >= 11 is 0. The zero-order valence-electron chi connectivity index (χ0n) is 9.05. The number of hydrogen-bond acceptors (Lipinski definition) is 8. The molecule has 0 amide bonds. The largest absolute Gasteiger partial charge is 2.00 e. The molecule has 1 radical (unpaired) electrons. The first kappa shape index (κ1) is 36.0. The first-order valence-corrected chi connectivity index (χ1v) is 3.51. The van der Waals surface area contributed by atoms with E-state index in [1.165, 1.54) is 0 Å². The third-order valence-corrected chi connectivity index (χ3v) is 0.999. The molecule has 0 aliphatic carbocycles. The van der Waals surface area contributed by atoms with Crippen molar-refractivity contribution in [3.05, 3.63) is 0 Å². The molecule has 0 fully saturated rings. The average Bonchev–Trinajstić information content (AvgIpc) is 2.15. The Labute approximate surface area is 113 Å². The standard InChI is InChI=1S/2C3H7NO3.Cu.3H2O/c2*4-2(1-5)3(6)7;;;;/h2*2,5H,1,4H2,(H,6,7);;3*1H2/q;;+2;;;/p-2/t2*2-;;;;/m00..../s1. The Morgan fingerprint density at radius 2 is 1.06 bits per heavy atom. The Hall–Kier alpha value is -0.821. The summed E-state index contributed by atoms with van der Waals surface area (Å²) in [5.74, 6) is -2.86. The van der Waals surface area contributed by atoms with E-state index in [-0.39, 0.29) is 33.5 Å². The van der Waals surface area contributed by atoms with Crippen LogP contribution < -0.4 is 21.7 Å². The molecule has 0 aliphatic rings. The number of aliphatic hydroxyl groups excluding tert-OH is 2. The summed E-state index contributed by atoms with van der Waals surface area (Å²) in [5.41, 5.74) is 9.41. The van der Waals surface area contributed by atoms with Crippen LogP contribution in [-0.4, -0.2) is 63.9 Å². The number of rotatable bonds is 4. The van der Waals surface area contributed by atoms with Gasteiger partial charge in [0, 0.05) is 0 Å². The predicted molar refractivity (Wildman–Crippen MR) is 51.0 cm³/mol. The van der Waals surface area contributed by atoms with Crippen LogP contribution in [0, 0.1) is 0 Å². The van der Waals surface area contributed by atoms with Crippen molar-refractivity contribution >= 4 is 11.9 Å².